The normalized spacial score (nSPS) is 32.0. The van der Waals surface area contributed by atoms with E-state index in [2.05, 4.69) is 16.3 Å². The molecule has 0 amide bonds. The molecule has 4 saturated carbocycles. The van der Waals surface area contributed by atoms with Crippen molar-refractivity contribution < 1.29 is 13.2 Å². The molecule has 0 saturated heterocycles. The lowest BCUT2D eigenvalue weighted by molar-refractivity contribution is -0.0745. The fraction of sp³-hybridized carbons (Fsp3) is 0.667. The third kappa shape index (κ3) is 3.69. The first-order valence-electron chi connectivity index (χ1n) is 11.7. The fourth-order valence-electron chi connectivity index (χ4n) is 7.27. The molecule has 0 radical (unpaired) electrons. The third-order valence-corrected chi connectivity index (χ3v) is 8.84. The molecule has 4 bridgehead atoms. The molecule has 0 aliphatic heterocycles. The third-order valence-electron chi connectivity index (χ3n) is 8.05. The van der Waals surface area contributed by atoms with E-state index in [1.165, 1.54) is 50.4 Å². The number of nitrogens with zero attached hydrogens (tertiary/aromatic N) is 3. The Hall–Kier alpha value is -1.89. The molecule has 7 rings (SSSR count). The van der Waals surface area contributed by atoms with Crippen LogP contribution in [0, 0.1) is 23.2 Å². The highest BCUT2D eigenvalue weighted by Gasteiger charge is 2.51. The van der Waals surface area contributed by atoms with E-state index in [0.29, 0.717) is 16.9 Å². The minimum atomic E-state index is -3.19. The average Bonchev–Trinajstić information content (AvgIpc) is 3.34. The molecule has 6 nitrogen and oxygen atoms in total. The van der Waals surface area contributed by atoms with Crippen molar-refractivity contribution in [1.29, 1.82) is 0 Å². The van der Waals surface area contributed by atoms with Gasteiger partial charge in [-0.2, -0.15) is 0 Å². The van der Waals surface area contributed by atoms with Crippen LogP contribution in [0.5, 0.6) is 5.75 Å². The second kappa shape index (κ2) is 7.06. The Labute approximate surface area is 184 Å². The molecule has 0 spiro atoms. The number of hydrogen-bond acceptors (Lipinski definition) is 5. The summed E-state index contributed by atoms with van der Waals surface area (Å²) in [5.41, 5.74) is 3.37. The zero-order valence-electron chi connectivity index (χ0n) is 18.2. The molecule has 2 aromatic heterocycles. The largest absolute Gasteiger partial charge is 0.492 e. The first-order chi connectivity index (χ1) is 14.9. The summed E-state index contributed by atoms with van der Waals surface area (Å²) in [6, 6.07) is 1.97. The van der Waals surface area contributed by atoms with Gasteiger partial charge in [0.1, 0.15) is 11.5 Å². The molecule has 0 aromatic carbocycles. The van der Waals surface area contributed by atoms with Crippen molar-refractivity contribution in [2.24, 2.45) is 23.2 Å². The Morgan fingerprint density at radius 1 is 1.13 bits per heavy atom. The van der Waals surface area contributed by atoms with Gasteiger partial charge in [0, 0.05) is 29.5 Å². The molecule has 2 heterocycles. The summed E-state index contributed by atoms with van der Waals surface area (Å²) in [4.78, 5) is 0. The summed E-state index contributed by atoms with van der Waals surface area (Å²) >= 11 is 0. The van der Waals surface area contributed by atoms with E-state index >= 15 is 0 Å². The maximum absolute atomic E-state index is 11.8. The summed E-state index contributed by atoms with van der Waals surface area (Å²) in [6.07, 6.45) is 17.1. The number of ether oxygens (including phenoxy) is 1. The second-order valence-corrected chi connectivity index (χ2v) is 12.9. The van der Waals surface area contributed by atoms with E-state index < -0.39 is 9.84 Å². The van der Waals surface area contributed by atoms with Crippen LogP contribution in [0.2, 0.25) is 0 Å². The van der Waals surface area contributed by atoms with Crippen LogP contribution >= 0.6 is 0 Å². The lowest BCUT2D eigenvalue weighted by Gasteiger charge is -2.56. The molecule has 5 aliphatic rings. The van der Waals surface area contributed by atoms with E-state index in [1.54, 1.807) is 0 Å². The molecule has 0 N–H and O–H groups in total. The zero-order valence-corrected chi connectivity index (χ0v) is 19.0. The number of aromatic nitrogens is 3. The smallest absolute Gasteiger partial charge is 0.164 e. The Morgan fingerprint density at radius 3 is 2.45 bits per heavy atom. The maximum atomic E-state index is 11.8. The monoisotopic (exact) mass is 441 g/mol. The van der Waals surface area contributed by atoms with Crippen LogP contribution in [0.1, 0.15) is 69.2 Å². The minimum Gasteiger partial charge on any atom is -0.492 e. The van der Waals surface area contributed by atoms with Gasteiger partial charge in [0.2, 0.25) is 0 Å². The predicted molar refractivity (Wildman–Crippen MR) is 119 cm³/mol. The van der Waals surface area contributed by atoms with E-state index in [4.69, 9.17) is 4.74 Å². The van der Waals surface area contributed by atoms with Gasteiger partial charge in [0.15, 0.2) is 21.3 Å². The van der Waals surface area contributed by atoms with Gasteiger partial charge < -0.3 is 4.74 Å². The van der Waals surface area contributed by atoms with E-state index in [9.17, 15) is 8.42 Å². The van der Waals surface area contributed by atoms with Crippen molar-refractivity contribution >= 4 is 21.1 Å². The van der Waals surface area contributed by atoms with Gasteiger partial charge in [-0.3, -0.25) is 4.40 Å². The predicted octanol–water partition coefficient (Wildman–Crippen LogP) is 4.44. The van der Waals surface area contributed by atoms with Crippen LogP contribution in [0.15, 0.2) is 18.3 Å². The molecular formula is C24H31N3O3S. The standard InChI is InChI=1S/C24H31N3O3S/c1-31(28,29)14-23-26-25-22-9-21(20(13-27(22)23)19-4-2-3-5-19)30-15-24-10-16-6-17(11-24)8-18(7-16)12-24/h4,9,13,16-18H,2-3,5-8,10-12,14-15H2,1H3. The molecule has 7 heteroatoms. The van der Waals surface area contributed by atoms with Crippen LogP contribution in [-0.2, 0) is 15.6 Å². The highest BCUT2D eigenvalue weighted by molar-refractivity contribution is 7.89. The van der Waals surface area contributed by atoms with Crippen molar-refractivity contribution in [2.75, 3.05) is 12.9 Å². The molecule has 4 fully saturated rings. The Kier molecular flexibility index (Phi) is 4.50. The second-order valence-electron chi connectivity index (χ2n) is 10.8. The SMILES string of the molecule is CS(=O)(=O)Cc1nnc2cc(OCC34CC5CC(CC(C5)C3)C4)c(C3=CCCC3)cn12. The van der Waals surface area contributed by atoms with Crippen LogP contribution < -0.4 is 4.74 Å². The molecule has 5 aliphatic carbocycles. The van der Waals surface area contributed by atoms with Crippen LogP contribution in [0.4, 0.5) is 0 Å². The minimum absolute atomic E-state index is 0.111. The van der Waals surface area contributed by atoms with E-state index in [1.807, 2.05) is 16.7 Å². The van der Waals surface area contributed by atoms with Gasteiger partial charge >= 0.3 is 0 Å². The number of hydrogen-bond donors (Lipinski definition) is 0. The van der Waals surface area contributed by atoms with Gasteiger partial charge in [-0.1, -0.05) is 6.08 Å². The number of pyridine rings is 1. The topological polar surface area (TPSA) is 73.6 Å². The van der Waals surface area contributed by atoms with Gasteiger partial charge in [-0.05, 0) is 81.1 Å². The van der Waals surface area contributed by atoms with Crippen molar-refractivity contribution in [2.45, 2.75) is 63.5 Å². The lowest BCUT2D eigenvalue weighted by Crippen LogP contribution is -2.48. The van der Waals surface area contributed by atoms with Gasteiger partial charge in [-0.25, -0.2) is 8.42 Å². The highest BCUT2D eigenvalue weighted by Crippen LogP contribution is 2.60. The van der Waals surface area contributed by atoms with Crippen molar-refractivity contribution in [3.8, 4) is 5.75 Å². The van der Waals surface area contributed by atoms with Crippen LogP contribution in [0.25, 0.3) is 11.2 Å². The summed E-state index contributed by atoms with van der Waals surface area (Å²) < 4.78 is 32.1. The first-order valence-corrected chi connectivity index (χ1v) is 13.8. The molecule has 31 heavy (non-hydrogen) atoms. The lowest BCUT2D eigenvalue weighted by atomic mass is 9.50. The summed E-state index contributed by atoms with van der Waals surface area (Å²) in [5.74, 6) is 3.96. The molecule has 0 atom stereocenters. The Balaban J connectivity index is 1.33. The Morgan fingerprint density at radius 2 is 1.84 bits per heavy atom. The molecule has 166 valence electrons. The van der Waals surface area contributed by atoms with Gasteiger partial charge in [-0.15, -0.1) is 10.2 Å². The number of fused-ring (bicyclic) bond motifs is 1. The van der Waals surface area contributed by atoms with E-state index in [0.717, 1.165) is 54.9 Å². The van der Waals surface area contributed by atoms with E-state index in [-0.39, 0.29) is 5.75 Å². The zero-order chi connectivity index (χ0) is 21.2. The average molecular weight is 442 g/mol. The Bertz CT molecular complexity index is 1130. The summed E-state index contributed by atoms with van der Waals surface area (Å²) in [5, 5.41) is 8.42. The van der Waals surface area contributed by atoms with Crippen molar-refractivity contribution in [3.05, 3.63) is 29.7 Å². The number of rotatable bonds is 6. The van der Waals surface area contributed by atoms with Crippen LogP contribution in [-0.4, -0.2) is 35.9 Å². The summed E-state index contributed by atoms with van der Waals surface area (Å²) in [7, 11) is -3.19. The molecule has 0 unspecified atom stereocenters. The van der Waals surface area contributed by atoms with Crippen LogP contribution in [0.3, 0.4) is 0 Å². The fourth-order valence-corrected chi connectivity index (χ4v) is 7.94. The number of sulfone groups is 1. The number of allylic oxidation sites excluding steroid dienone is 2. The maximum Gasteiger partial charge on any atom is 0.164 e. The van der Waals surface area contributed by atoms with Gasteiger partial charge in [0.25, 0.3) is 0 Å². The molecular weight excluding hydrogens is 410 g/mol. The molecule has 2 aromatic rings. The highest BCUT2D eigenvalue weighted by atomic mass is 32.2. The van der Waals surface area contributed by atoms with Gasteiger partial charge in [0.05, 0.1) is 6.61 Å². The van der Waals surface area contributed by atoms with Crippen molar-refractivity contribution in [3.63, 3.8) is 0 Å². The first kappa shape index (κ1) is 19.8. The summed E-state index contributed by atoms with van der Waals surface area (Å²) in [6.45, 7) is 0.789. The van der Waals surface area contributed by atoms with Crippen molar-refractivity contribution in [1.82, 2.24) is 14.6 Å². The quantitative estimate of drug-likeness (QED) is 0.663.